The van der Waals surface area contributed by atoms with E-state index in [-0.39, 0.29) is 5.78 Å². The van der Waals surface area contributed by atoms with Crippen molar-refractivity contribution in [3.05, 3.63) is 30.1 Å². The van der Waals surface area contributed by atoms with Crippen LogP contribution in [0.5, 0.6) is 0 Å². The molecule has 0 radical (unpaired) electrons. The number of ketones is 1. The molecule has 1 aromatic rings. The summed E-state index contributed by atoms with van der Waals surface area (Å²) < 4.78 is 0. The third kappa shape index (κ3) is 2.63. The molecule has 0 saturated carbocycles. The molecule has 0 spiro atoms. The monoisotopic (exact) mass is 202 g/mol. The molecule has 78 valence electrons. The number of Topliss-reactive ketones (excluding diaryl/α,β-unsaturated/α-hetero) is 1. The van der Waals surface area contributed by atoms with Crippen molar-refractivity contribution in [3.8, 4) is 6.07 Å². The van der Waals surface area contributed by atoms with Crippen LogP contribution in [0.3, 0.4) is 0 Å². The van der Waals surface area contributed by atoms with Gasteiger partial charge in [0.05, 0.1) is 6.07 Å². The van der Waals surface area contributed by atoms with Gasteiger partial charge in [-0.15, -0.1) is 0 Å². The zero-order valence-electron chi connectivity index (χ0n) is 9.19. The molecule has 15 heavy (non-hydrogen) atoms. The first-order valence-electron chi connectivity index (χ1n) is 4.80. The molecule has 0 saturated heterocycles. The first-order valence-corrected chi connectivity index (χ1v) is 4.80. The minimum absolute atomic E-state index is 0.0591. The maximum Gasteiger partial charge on any atom is 0.159 e. The van der Waals surface area contributed by atoms with Gasteiger partial charge in [0, 0.05) is 17.8 Å². The van der Waals surface area contributed by atoms with E-state index in [4.69, 9.17) is 5.26 Å². The van der Waals surface area contributed by atoms with Crippen LogP contribution in [-0.2, 0) is 4.79 Å². The number of hydrogen-bond donors (Lipinski definition) is 0. The van der Waals surface area contributed by atoms with Crippen LogP contribution in [0.4, 0.5) is 0 Å². The van der Waals surface area contributed by atoms with E-state index in [1.165, 1.54) is 0 Å². The Bertz CT molecular complexity index is 384. The zero-order chi connectivity index (χ0) is 11.5. The summed E-state index contributed by atoms with van der Waals surface area (Å²) in [7, 11) is 0. The van der Waals surface area contributed by atoms with E-state index >= 15 is 0 Å². The van der Waals surface area contributed by atoms with Gasteiger partial charge in [-0.1, -0.05) is 20.8 Å². The number of hydrogen-bond acceptors (Lipinski definition) is 3. The second-order valence-electron chi connectivity index (χ2n) is 4.46. The van der Waals surface area contributed by atoms with E-state index in [0.717, 1.165) is 0 Å². The number of nitriles is 1. The molecule has 0 N–H and O–H groups in total. The summed E-state index contributed by atoms with van der Waals surface area (Å²) >= 11 is 0. The van der Waals surface area contributed by atoms with E-state index in [1.54, 1.807) is 24.5 Å². The zero-order valence-corrected chi connectivity index (χ0v) is 9.19. The van der Waals surface area contributed by atoms with Crippen LogP contribution < -0.4 is 0 Å². The maximum absolute atomic E-state index is 12.0. The molecule has 1 aromatic heterocycles. The summed E-state index contributed by atoms with van der Waals surface area (Å²) in [5.74, 6) is -0.746. The number of rotatable bonds is 2. The van der Waals surface area contributed by atoms with Crippen molar-refractivity contribution >= 4 is 5.78 Å². The fourth-order valence-electron chi connectivity index (χ4n) is 1.27. The highest BCUT2D eigenvalue weighted by molar-refractivity contribution is 5.92. The molecule has 0 amide bonds. The lowest BCUT2D eigenvalue weighted by Gasteiger charge is -2.20. The average molecular weight is 202 g/mol. The van der Waals surface area contributed by atoms with Crippen molar-refractivity contribution in [2.75, 3.05) is 0 Å². The van der Waals surface area contributed by atoms with Gasteiger partial charge in [-0.05, 0) is 17.7 Å². The van der Waals surface area contributed by atoms with E-state index in [0.29, 0.717) is 5.56 Å². The minimum atomic E-state index is -0.687. The molecule has 1 heterocycles. The molecule has 0 aromatic carbocycles. The SMILES string of the molecule is CC(C)(C)C(=O)[C@H](C#N)c1ccncc1. The van der Waals surface area contributed by atoms with Gasteiger partial charge in [0.2, 0.25) is 0 Å². The highest BCUT2D eigenvalue weighted by Crippen LogP contribution is 2.26. The van der Waals surface area contributed by atoms with E-state index in [1.807, 2.05) is 26.8 Å². The molecule has 1 rings (SSSR count). The quantitative estimate of drug-likeness (QED) is 0.739. The Hall–Kier alpha value is -1.69. The molecule has 0 fully saturated rings. The smallest absolute Gasteiger partial charge is 0.159 e. The molecule has 1 atom stereocenters. The maximum atomic E-state index is 12.0. The lowest BCUT2D eigenvalue weighted by molar-refractivity contribution is -0.126. The number of nitrogens with zero attached hydrogens (tertiary/aromatic N) is 2. The van der Waals surface area contributed by atoms with Gasteiger partial charge in [0.15, 0.2) is 5.78 Å². The number of carbonyl (C=O) groups is 1. The van der Waals surface area contributed by atoms with E-state index < -0.39 is 11.3 Å². The van der Waals surface area contributed by atoms with Crippen molar-refractivity contribution in [2.45, 2.75) is 26.7 Å². The molecule has 0 unspecified atom stereocenters. The molecule has 0 aliphatic rings. The minimum Gasteiger partial charge on any atom is -0.297 e. The van der Waals surface area contributed by atoms with Crippen LogP contribution in [-0.4, -0.2) is 10.8 Å². The molecule has 0 aliphatic carbocycles. The summed E-state index contributed by atoms with van der Waals surface area (Å²) in [5, 5.41) is 9.02. The Balaban J connectivity index is 3.03. The number of pyridine rings is 1. The van der Waals surface area contributed by atoms with Crippen LogP contribution in [0.2, 0.25) is 0 Å². The van der Waals surface area contributed by atoms with Crippen LogP contribution in [0.1, 0.15) is 32.3 Å². The predicted molar refractivity (Wildman–Crippen MR) is 57.1 cm³/mol. The third-order valence-corrected chi connectivity index (χ3v) is 2.17. The Kier molecular flexibility index (Phi) is 3.21. The Morgan fingerprint density at radius 3 is 2.33 bits per heavy atom. The van der Waals surface area contributed by atoms with Crippen LogP contribution >= 0.6 is 0 Å². The molecular formula is C12H14N2O. The lowest BCUT2D eigenvalue weighted by Crippen LogP contribution is -2.26. The molecule has 0 aliphatic heterocycles. The highest BCUT2D eigenvalue weighted by Gasteiger charge is 2.30. The standard InChI is InChI=1S/C12H14N2O/c1-12(2,3)11(15)10(8-13)9-4-6-14-7-5-9/h4-7,10H,1-3H3/t10-/m1/s1. The van der Waals surface area contributed by atoms with Crippen molar-refractivity contribution in [1.29, 1.82) is 5.26 Å². The van der Waals surface area contributed by atoms with Gasteiger partial charge in [0.25, 0.3) is 0 Å². The Morgan fingerprint density at radius 1 is 1.40 bits per heavy atom. The first kappa shape index (κ1) is 11.4. The normalized spacial score (nSPS) is 12.9. The number of aromatic nitrogens is 1. The molecule has 0 bridgehead atoms. The van der Waals surface area contributed by atoms with Gasteiger partial charge < -0.3 is 0 Å². The van der Waals surface area contributed by atoms with Crippen molar-refractivity contribution in [1.82, 2.24) is 4.98 Å². The summed E-state index contributed by atoms with van der Waals surface area (Å²) in [4.78, 5) is 15.8. The Labute approximate surface area is 89.8 Å². The average Bonchev–Trinajstić information content (AvgIpc) is 2.19. The first-order chi connectivity index (χ1) is 6.96. The topological polar surface area (TPSA) is 53.8 Å². The Morgan fingerprint density at radius 2 is 1.93 bits per heavy atom. The van der Waals surface area contributed by atoms with E-state index in [2.05, 4.69) is 4.98 Å². The van der Waals surface area contributed by atoms with Gasteiger partial charge in [-0.2, -0.15) is 5.26 Å². The van der Waals surface area contributed by atoms with E-state index in [9.17, 15) is 4.79 Å². The van der Waals surface area contributed by atoms with Gasteiger partial charge >= 0.3 is 0 Å². The van der Waals surface area contributed by atoms with Crippen LogP contribution in [0.25, 0.3) is 0 Å². The summed E-state index contributed by atoms with van der Waals surface area (Å²) in [6.45, 7) is 5.46. The lowest BCUT2D eigenvalue weighted by atomic mass is 9.81. The van der Waals surface area contributed by atoms with Gasteiger partial charge in [-0.25, -0.2) is 0 Å². The largest absolute Gasteiger partial charge is 0.297 e. The van der Waals surface area contributed by atoms with Crippen molar-refractivity contribution in [3.63, 3.8) is 0 Å². The van der Waals surface area contributed by atoms with Gasteiger partial charge in [-0.3, -0.25) is 9.78 Å². The predicted octanol–water partition coefficient (Wildman–Crippen LogP) is 2.30. The van der Waals surface area contributed by atoms with Crippen LogP contribution in [0.15, 0.2) is 24.5 Å². The van der Waals surface area contributed by atoms with Crippen molar-refractivity contribution < 1.29 is 4.79 Å². The fourth-order valence-corrected chi connectivity index (χ4v) is 1.27. The summed E-state index contributed by atoms with van der Waals surface area (Å²) in [5.41, 5.74) is 0.219. The van der Waals surface area contributed by atoms with Crippen LogP contribution in [0, 0.1) is 16.7 Å². The molecule has 3 nitrogen and oxygen atoms in total. The fraction of sp³-hybridized carbons (Fsp3) is 0.417. The molecular weight excluding hydrogens is 188 g/mol. The summed E-state index contributed by atoms with van der Waals surface area (Å²) in [6, 6.07) is 5.46. The number of carbonyl (C=O) groups excluding carboxylic acids is 1. The molecule has 3 heteroatoms. The van der Waals surface area contributed by atoms with Gasteiger partial charge in [0.1, 0.15) is 5.92 Å². The summed E-state index contributed by atoms with van der Waals surface area (Å²) in [6.07, 6.45) is 3.19. The highest BCUT2D eigenvalue weighted by atomic mass is 16.1. The second kappa shape index (κ2) is 4.22. The van der Waals surface area contributed by atoms with Crippen molar-refractivity contribution in [2.24, 2.45) is 5.41 Å². The second-order valence-corrected chi connectivity index (χ2v) is 4.46. The third-order valence-electron chi connectivity index (χ3n) is 2.17.